The zero-order valence-electron chi connectivity index (χ0n) is 16.7. The van der Waals surface area contributed by atoms with E-state index < -0.39 is 12.2 Å². The number of benzene rings is 1. The minimum atomic E-state index is -0.838. The third-order valence-corrected chi connectivity index (χ3v) is 5.55. The summed E-state index contributed by atoms with van der Waals surface area (Å²) >= 11 is 0. The van der Waals surface area contributed by atoms with Crippen molar-refractivity contribution in [1.82, 2.24) is 4.98 Å². The second-order valence-electron chi connectivity index (χ2n) is 8.75. The summed E-state index contributed by atoms with van der Waals surface area (Å²) in [6.45, 7) is 10.5. The fourth-order valence-electron chi connectivity index (χ4n) is 4.24. The number of hydrogen-bond donors (Lipinski definition) is 2. The lowest BCUT2D eigenvalue weighted by Gasteiger charge is -2.36. The van der Waals surface area contributed by atoms with Gasteiger partial charge in [-0.2, -0.15) is 5.26 Å². The number of aromatic nitrogens is 1. The quantitative estimate of drug-likeness (QED) is 0.842. The van der Waals surface area contributed by atoms with Crippen LogP contribution in [0.5, 0.6) is 0 Å². The molecule has 2 N–H and O–H groups in total. The van der Waals surface area contributed by atoms with Crippen LogP contribution in [0.3, 0.4) is 0 Å². The van der Waals surface area contributed by atoms with Crippen molar-refractivity contribution in [2.24, 2.45) is 5.41 Å². The summed E-state index contributed by atoms with van der Waals surface area (Å²) in [7, 11) is 0. The molecule has 1 aliphatic rings. The van der Waals surface area contributed by atoms with Crippen LogP contribution in [0.1, 0.15) is 91.4 Å². The topological polar surface area (TPSA) is 77.1 Å². The Hall–Kier alpha value is -2.22. The van der Waals surface area contributed by atoms with E-state index in [2.05, 4.69) is 33.8 Å². The number of aliphatic hydroxyl groups excluding tert-OH is 2. The number of nitriles is 1. The molecule has 4 nitrogen and oxygen atoms in total. The molecule has 0 spiro atoms. The van der Waals surface area contributed by atoms with Gasteiger partial charge in [-0.25, -0.2) is 0 Å². The fraction of sp³-hybridized carbons (Fsp3) is 0.478. The van der Waals surface area contributed by atoms with E-state index >= 15 is 0 Å². The normalized spacial score (nSPS) is 19.4. The summed E-state index contributed by atoms with van der Waals surface area (Å²) in [6.07, 6.45) is 0.114. The maximum Gasteiger partial charge on any atom is 0.106 e. The summed E-state index contributed by atoms with van der Waals surface area (Å²) in [5, 5.41) is 30.9. The number of fused-ring (bicyclic) bond motifs is 1. The SMILES string of the molecule is Cc1c2c(nc(C(C)C)c1C(O)c1ccc(C#N)cc1)CC(C)(C)CC2O. The summed E-state index contributed by atoms with van der Waals surface area (Å²) in [5.41, 5.74) is 5.73. The molecule has 0 aliphatic heterocycles. The molecule has 2 atom stereocenters. The van der Waals surface area contributed by atoms with Gasteiger partial charge in [0.25, 0.3) is 0 Å². The molecule has 0 amide bonds. The van der Waals surface area contributed by atoms with Gasteiger partial charge in [0.05, 0.1) is 17.7 Å². The first-order valence-corrected chi connectivity index (χ1v) is 9.54. The van der Waals surface area contributed by atoms with Gasteiger partial charge < -0.3 is 10.2 Å². The summed E-state index contributed by atoms with van der Waals surface area (Å²) in [4.78, 5) is 4.93. The van der Waals surface area contributed by atoms with Gasteiger partial charge in [0.1, 0.15) is 6.10 Å². The maximum atomic E-state index is 11.2. The second-order valence-corrected chi connectivity index (χ2v) is 8.75. The zero-order chi connectivity index (χ0) is 19.9. The van der Waals surface area contributed by atoms with Gasteiger partial charge >= 0.3 is 0 Å². The predicted octanol–water partition coefficient (Wildman–Crippen LogP) is 4.47. The number of aliphatic hydroxyl groups is 2. The van der Waals surface area contributed by atoms with Crippen molar-refractivity contribution in [3.8, 4) is 6.07 Å². The Kier molecular flexibility index (Phi) is 5.12. The van der Waals surface area contributed by atoms with Gasteiger partial charge in [-0.1, -0.05) is 39.8 Å². The Bertz CT molecular complexity index is 892. The highest BCUT2D eigenvalue weighted by atomic mass is 16.3. The van der Waals surface area contributed by atoms with Crippen LogP contribution in [0.25, 0.3) is 0 Å². The van der Waals surface area contributed by atoms with Gasteiger partial charge in [-0.3, -0.25) is 4.98 Å². The summed E-state index contributed by atoms with van der Waals surface area (Å²) in [6, 6.07) is 9.10. The molecule has 1 aromatic carbocycles. The third kappa shape index (κ3) is 3.63. The van der Waals surface area contributed by atoms with Crippen molar-refractivity contribution in [2.45, 2.75) is 65.6 Å². The molecule has 27 heavy (non-hydrogen) atoms. The van der Waals surface area contributed by atoms with Gasteiger partial charge in [-0.15, -0.1) is 0 Å². The van der Waals surface area contributed by atoms with E-state index in [1.165, 1.54) is 0 Å². The number of nitrogens with zero attached hydrogens (tertiary/aromatic N) is 2. The van der Waals surface area contributed by atoms with E-state index in [0.29, 0.717) is 12.0 Å². The lowest BCUT2D eigenvalue weighted by Crippen LogP contribution is -2.29. The molecule has 0 fully saturated rings. The van der Waals surface area contributed by atoms with Gasteiger partial charge in [0.2, 0.25) is 0 Å². The van der Waals surface area contributed by atoms with Gasteiger partial charge in [0.15, 0.2) is 0 Å². The maximum absolute atomic E-state index is 11.2. The monoisotopic (exact) mass is 364 g/mol. The van der Waals surface area contributed by atoms with Crippen molar-refractivity contribution < 1.29 is 10.2 Å². The van der Waals surface area contributed by atoms with Crippen LogP contribution in [-0.2, 0) is 6.42 Å². The fourth-order valence-corrected chi connectivity index (χ4v) is 4.24. The van der Waals surface area contributed by atoms with Crippen LogP contribution in [0.2, 0.25) is 0 Å². The van der Waals surface area contributed by atoms with Crippen molar-refractivity contribution in [3.05, 3.63) is 63.5 Å². The molecule has 3 rings (SSSR count). The summed E-state index contributed by atoms with van der Waals surface area (Å²) < 4.78 is 0. The van der Waals surface area contributed by atoms with Gasteiger partial charge in [0, 0.05) is 22.5 Å². The molecule has 4 heteroatoms. The molecular formula is C23H28N2O2. The highest BCUT2D eigenvalue weighted by Gasteiger charge is 2.36. The van der Waals surface area contributed by atoms with Crippen LogP contribution in [0.4, 0.5) is 0 Å². The Labute approximate surface area is 161 Å². The van der Waals surface area contributed by atoms with E-state index in [4.69, 9.17) is 10.2 Å². The predicted molar refractivity (Wildman–Crippen MR) is 105 cm³/mol. The largest absolute Gasteiger partial charge is 0.388 e. The van der Waals surface area contributed by atoms with E-state index in [9.17, 15) is 10.2 Å². The Morgan fingerprint density at radius 2 is 1.85 bits per heavy atom. The average molecular weight is 364 g/mol. The van der Waals surface area contributed by atoms with Crippen molar-refractivity contribution >= 4 is 0 Å². The summed E-state index contributed by atoms with van der Waals surface area (Å²) in [5.74, 6) is 0.152. The molecule has 0 radical (unpaired) electrons. The molecule has 0 saturated carbocycles. The smallest absolute Gasteiger partial charge is 0.106 e. The Balaban J connectivity index is 2.17. The third-order valence-electron chi connectivity index (χ3n) is 5.55. The lowest BCUT2D eigenvalue weighted by molar-refractivity contribution is 0.0968. The minimum absolute atomic E-state index is 0.00731. The van der Waals surface area contributed by atoms with Gasteiger partial charge in [-0.05, 0) is 54.4 Å². The zero-order valence-corrected chi connectivity index (χ0v) is 16.7. The van der Waals surface area contributed by atoms with Crippen LogP contribution in [0.15, 0.2) is 24.3 Å². The first kappa shape index (κ1) is 19.5. The first-order valence-electron chi connectivity index (χ1n) is 9.54. The first-order chi connectivity index (χ1) is 12.6. The molecule has 1 heterocycles. The van der Waals surface area contributed by atoms with Crippen LogP contribution < -0.4 is 0 Å². The van der Waals surface area contributed by atoms with E-state index in [0.717, 1.165) is 40.1 Å². The number of pyridine rings is 1. The Morgan fingerprint density at radius 3 is 2.41 bits per heavy atom. The van der Waals surface area contributed by atoms with Crippen molar-refractivity contribution in [1.29, 1.82) is 5.26 Å². The standard InChI is InChI=1S/C23H28N2O2/c1-13(2)21-20(22(27)16-8-6-15(12-24)7-9-16)14(3)19-17(25-21)10-23(4,5)11-18(19)26/h6-9,13,18,22,26-27H,10-11H2,1-5H3. The molecule has 2 aromatic rings. The van der Waals surface area contributed by atoms with Crippen molar-refractivity contribution in [2.75, 3.05) is 0 Å². The number of hydrogen-bond acceptors (Lipinski definition) is 4. The molecular weight excluding hydrogens is 336 g/mol. The highest BCUT2D eigenvalue weighted by molar-refractivity contribution is 5.48. The molecule has 0 bridgehead atoms. The van der Waals surface area contributed by atoms with E-state index in [1.54, 1.807) is 24.3 Å². The molecule has 142 valence electrons. The Morgan fingerprint density at radius 1 is 1.22 bits per heavy atom. The van der Waals surface area contributed by atoms with E-state index in [-0.39, 0.29) is 11.3 Å². The van der Waals surface area contributed by atoms with Crippen LogP contribution in [0, 0.1) is 23.7 Å². The van der Waals surface area contributed by atoms with Crippen LogP contribution >= 0.6 is 0 Å². The van der Waals surface area contributed by atoms with E-state index in [1.807, 2.05) is 6.92 Å². The highest BCUT2D eigenvalue weighted by Crippen LogP contribution is 2.44. The second kappa shape index (κ2) is 7.07. The molecule has 0 saturated heterocycles. The van der Waals surface area contributed by atoms with Crippen LogP contribution in [-0.4, -0.2) is 15.2 Å². The average Bonchev–Trinajstić information content (AvgIpc) is 2.59. The minimum Gasteiger partial charge on any atom is -0.388 e. The van der Waals surface area contributed by atoms with Crippen molar-refractivity contribution in [3.63, 3.8) is 0 Å². The molecule has 1 aromatic heterocycles. The molecule has 1 aliphatic carbocycles. The number of rotatable bonds is 3. The lowest BCUT2D eigenvalue weighted by atomic mass is 9.72. The molecule has 2 unspecified atom stereocenters.